The summed E-state index contributed by atoms with van der Waals surface area (Å²) in [7, 11) is -3.99. The Kier molecular flexibility index (Phi) is 2.99. The highest BCUT2D eigenvalue weighted by molar-refractivity contribution is 7.90. The lowest BCUT2D eigenvalue weighted by Gasteiger charge is -2.09. The van der Waals surface area contributed by atoms with Crippen LogP contribution < -0.4 is 0 Å². The molecule has 0 radical (unpaired) electrons. The van der Waals surface area contributed by atoms with E-state index in [1.54, 1.807) is 18.2 Å². The van der Waals surface area contributed by atoms with Crippen molar-refractivity contribution in [1.29, 1.82) is 0 Å². The van der Waals surface area contributed by atoms with Gasteiger partial charge in [-0.3, -0.25) is 4.98 Å². The third-order valence-electron chi connectivity index (χ3n) is 3.06. The monoisotopic (exact) mass is 302 g/mol. The molecule has 0 spiro atoms. The van der Waals surface area contributed by atoms with Crippen LogP contribution in [0.1, 0.15) is 10.5 Å². The molecule has 0 fully saturated rings. The number of benzene rings is 1. The van der Waals surface area contributed by atoms with Crippen molar-refractivity contribution in [2.75, 3.05) is 0 Å². The van der Waals surface area contributed by atoms with E-state index in [1.165, 1.54) is 36.7 Å². The zero-order valence-electron chi connectivity index (χ0n) is 10.7. The summed E-state index contributed by atoms with van der Waals surface area (Å²) < 4.78 is 26.3. The summed E-state index contributed by atoms with van der Waals surface area (Å²) in [5.74, 6) is -1.31. The van der Waals surface area contributed by atoms with Crippen LogP contribution in [-0.4, -0.2) is 28.5 Å². The summed E-state index contributed by atoms with van der Waals surface area (Å²) in [6.45, 7) is 0. The fourth-order valence-electron chi connectivity index (χ4n) is 2.14. The van der Waals surface area contributed by atoms with E-state index in [2.05, 4.69) is 4.98 Å². The Morgan fingerprint density at radius 2 is 1.86 bits per heavy atom. The van der Waals surface area contributed by atoms with Crippen LogP contribution in [-0.2, 0) is 10.0 Å². The summed E-state index contributed by atoms with van der Waals surface area (Å²) in [5, 5.41) is 9.72. The molecule has 0 bridgehead atoms. The van der Waals surface area contributed by atoms with Crippen LogP contribution in [0.25, 0.3) is 10.9 Å². The average Bonchev–Trinajstić information content (AvgIpc) is 2.88. The van der Waals surface area contributed by atoms with Crippen LogP contribution in [0.15, 0.2) is 59.8 Å². The molecule has 7 heteroatoms. The predicted molar refractivity (Wildman–Crippen MR) is 75.7 cm³/mol. The van der Waals surface area contributed by atoms with Gasteiger partial charge in [0.2, 0.25) is 0 Å². The van der Waals surface area contributed by atoms with Gasteiger partial charge < -0.3 is 5.11 Å². The largest absolute Gasteiger partial charge is 0.477 e. The van der Waals surface area contributed by atoms with Gasteiger partial charge in [-0.05, 0) is 24.3 Å². The van der Waals surface area contributed by atoms with Crippen molar-refractivity contribution in [3.8, 4) is 0 Å². The molecule has 2 aromatic heterocycles. The van der Waals surface area contributed by atoms with E-state index in [0.717, 1.165) is 3.97 Å². The summed E-state index contributed by atoms with van der Waals surface area (Å²) in [5.41, 5.74) is -0.0342. The van der Waals surface area contributed by atoms with E-state index >= 15 is 0 Å². The minimum absolute atomic E-state index is 0.0295. The van der Waals surface area contributed by atoms with E-state index in [-0.39, 0.29) is 16.1 Å². The number of hydrogen-bond acceptors (Lipinski definition) is 4. The van der Waals surface area contributed by atoms with Crippen LogP contribution in [0.5, 0.6) is 0 Å². The van der Waals surface area contributed by atoms with Crippen molar-refractivity contribution >= 4 is 26.9 Å². The normalized spacial score (nSPS) is 11.6. The first-order valence-electron chi connectivity index (χ1n) is 6.01. The number of hydrogen-bond donors (Lipinski definition) is 1. The van der Waals surface area contributed by atoms with E-state index in [1.807, 2.05) is 0 Å². The second kappa shape index (κ2) is 4.71. The molecule has 0 atom stereocenters. The maximum absolute atomic E-state index is 12.7. The van der Waals surface area contributed by atoms with Crippen LogP contribution in [0.2, 0.25) is 0 Å². The van der Waals surface area contributed by atoms with Crippen molar-refractivity contribution in [2.24, 2.45) is 0 Å². The Bertz CT molecular complexity index is 930. The molecule has 3 aromatic rings. The Balaban J connectivity index is 2.39. The molecule has 6 nitrogen and oxygen atoms in total. The lowest BCUT2D eigenvalue weighted by Crippen LogP contribution is -2.18. The second-order valence-corrected chi connectivity index (χ2v) is 6.14. The fourth-order valence-corrected chi connectivity index (χ4v) is 3.66. The maximum Gasteiger partial charge on any atom is 0.353 e. The van der Waals surface area contributed by atoms with E-state index < -0.39 is 16.0 Å². The van der Waals surface area contributed by atoms with Gasteiger partial charge in [0.25, 0.3) is 10.0 Å². The molecule has 3 rings (SSSR count). The van der Waals surface area contributed by atoms with Crippen LogP contribution in [0.4, 0.5) is 0 Å². The van der Waals surface area contributed by atoms with Crippen molar-refractivity contribution in [3.63, 3.8) is 0 Å². The number of aromatic carboxylic acids is 1. The SMILES string of the molecule is O=C(O)c1cc2cnccc2n1S(=O)(=O)c1ccccc1. The molecular weight excluding hydrogens is 292 g/mol. The molecule has 0 aliphatic rings. The first-order valence-corrected chi connectivity index (χ1v) is 7.45. The van der Waals surface area contributed by atoms with E-state index in [9.17, 15) is 18.3 Å². The number of carboxylic acids is 1. The maximum atomic E-state index is 12.7. The molecular formula is C14H10N2O4S. The third kappa shape index (κ3) is 2.07. The molecule has 0 amide bonds. The van der Waals surface area contributed by atoms with Crippen molar-refractivity contribution in [1.82, 2.24) is 8.96 Å². The Morgan fingerprint density at radius 1 is 1.14 bits per heavy atom. The van der Waals surface area contributed by atoms with Gasteiger partial charge in [0.15, 0.2) is 0 Å². The molecule has 0 aliphatic carbocycles. The number of rotatable bonds is 3. The summed E-state index contributed by atoms with van der Waals surface area (Å²) in [6.07, 6.45) is 2.85. The zero-order chi connectivity index (χ0) is 15.0. The minimum atomic E-state index is -3.99. The summed E-state index contributed by atoms with van der Waals surface area (Å²) >= 11 is 0. The van der Waals surface area contributed by atoms with Gasteiger partial charge in [-0.1, -0.05) is 18.2 Å². The standard InChI is InChI=1S/C14H10N2O4S/c17-14(18)13-8-10-9-15-7-6-12(10)16(13)21(19,20)11-4-2-1-3-5-11/h1-9H,(H,17,18). The first kappa shape index (κ1) is 13.3. The molecule has 106 valence electrons. The van der Waals surface area contributed by atoms with Gasteiger partial charge in [-0.2, -0.15) is 0 Å². The van der Waals surface area contributed by atoms with Gasteiger partial charge in [-0.15, -0.1) is 0 Å². The number of pyridine rings is 1. The minimum Gasteiger partial charge on any atom is -0.477 e. The van der Waals surface area contributed by atoms with Crippen LogP contribution >= 0.6 is 0 Å². The first-order chi connectivity index (χ1) is 10.0. The quantitative estimate of drug-likeness (QED) is 0.799. The smallest absolute Gasteiger partial charge is 0.353 e. The number of nitrogens with zero attached hydrogens (tertiary/aromatic N) is 2. The second-order valence-electron chi connectivity index (χ2n) is 4.35. The highest BCUT2D eigenvalue weighted by atomic mass is 32.2. The third-order valence-corrected chi connectivity index (χ3v) is 4.80. The molecule has 0 saturated heterocycles. The number of carboxylic acid groups (broad SMARTS) is 1. The van der Waals surface area contributed by atoms with E-state index in [0.29, 0.717) is 5.39 Å². The fraction of sp³-hybridized carbons (Fsp3) is 0. The molecule has 0 unspecified atom stereocenters. The van der Waals surface area contributed by atoms with Gasteiger partial charge in [0.1, 0.15) is 5.69 Å². The summed E-state index contributed by atoms with van der Waals surface area (Å²) in [4.78, 5) is 15.3. The molecule has 1 aromatic carbocycles. The van der Waals surface area contributed by atoms with Crippen LogP contribution in [0.3, 0.4) is 0 Å². The van der Waals surface area contributed by atoms with Crippen molar-refractivity contribution < 1.29 is 18.3 Å². The zero-order valence-corrected chi connectivity index (χ0v) is 11.5. The van der Waals surface area contributed by atoms with Gasteiger partial charge in [0.05, 0.1) is 10.4 Å². The number of carbonyl (C=O) groups is 1. The van der Waals surface area contributed by atoms with Crippen molar-refractivity contribution in [3.05, 3.63) is 60.6 Å². The summed E-state index contributed by atoms with van der Waals surface area (Å²) in [6, 6.07) is 10.5. The van der Waals surface area contributed by atoms with E-state index in [4.69, 9.17) is 0 Å². The highest BCUT2D eigenvalue weighted by Crippen LogP contribution is 2.25. The van der Waals surface area contributed by atoms with Crippen LogP contribution in [0, 0.1) is 0 Å². The van der Waals surface area contributed by atoms with Crippen molar-refractivity contribution in [2.45, 2.75) is 4.90 Å². The lowest BCUT2D eigenvalue weighted by molar-refractivity contribution is 0.0689. The Morgan fingerprint density at radius 3 is 2.52 bits per heavy atom. The average molecular weight is 302 g/mol. The predicted octanol–water partition coefficient (Wildman–Crippen LogP) is 1.97. The Hall–Kier alpha value is -2.67. The number of fused-ring (bicyclic) bond motifs is 1. The van der Waals surface area contributed by atoms with Gasteiger partial charge >= 0.3 is 5.97 Å². The lowest BCUT2D eigenvalue weighted by atomic mass is 10.3. The number of aromatic nitrogens is 2. The molecule has 0 saturated carbocycles. The molecule has 0 aliphatic heterocycles. The highest BCUT2D eigenvalue weighted by Gasteiger charge is 2.25. The Labute approximate surface area is 120 Å². The molecule has 1 N–H and O–H groups in total. The van der Waals surface area contributed by atoms with Gasteiger partial charge in [-0.25, -0.2) is 17.2 Å². The topological polar surface area (TPSA) is 89.3 Å². The molecule has 21 heavy (non-hydrogen) atoms. The van der Waals surface area contributed by atoms with Gasteiger partial charge in [0, 0.05) is 17.8 Å². The molecule has 2 heterocycles.